The highest BCUT2D eigenvalue weighted by Gasteiger charge is 2.89. The normalized spacial score (nSPS) is 42.4. The maximum absolute atomic E-state index is 5.88. The SMILES string of the molecule is Clc1ncc2ccn(C34CC5CC53C4)c2n1. The first-order chi connectivity index (χ1) is 7.75. The van der Waals surface area contributed by atoms with Gasteiger partial charge in [-0.1, -0.05) is 0 Å². The molecule has 0 N–H and O–H groups in total. The van der Waals surface area contributed by atoms with Crippen LogP contribution in [0.15, 0.2) is 18.5 Å². The van der Waals surface area contributed by atoms with Gasteiger partial charge < -0.3 is 4.57 Å². The van der Waals surface area contributed by atoms with Crippen molar-refractivity contribution in [2.75, 3.05) is 0 Å². The van der Waals surface area contributed by atoms with Crippen LogP contribution in [0.3, 0.4) is 0 Å². The van der Waals surface area contributed by atoms with E-state index in [9.17, 15) is 0 Å². The lowest BCUT2D eigenvalue weighted by atomic mass is 9.93. The highest BCUT2D eigenvalue weighted by Crippen LogP contribution is 2.92. The van der Waals surface area contributed by atoms with Crippen LogP contribution in [0.2, 0.25) is 5.28 Å². The molecule has 3 aliphatic carbocycles. The van der Waals surface area contributed by atoms with Gasteiger partial charge in [-0.25, -0.2) is 4.98 Å². The number of fused-ring (bicyclic) bond motifs is 1. The molecule has 3 nitrogen and oxygen atoms in total. The van der Waals surface area contributed by atoms with Crippen molar-refractivity contribution in [2.45, 2.75) is 24.8 Å². The zero-order valence-corrected chi connectivity index (χ0v) is 9.41. The van der Waals surface area contributed by atoms with Gasteiger partial charge in [0.25, 0.3) is 0 Å². The Morgan fingerprint density at radius 3 is 3.06 bits per heavy atom. The van der Waals surface area contributed by atoms with E-state index in [1.807, 2.05) is 6.20 Å². The summed E-state index contributed by atoms with van der Waals surface area (Å²) in [7, 11) is 0. The Hall–Kier alpha value is -1.09. The van der Waals surface area contributed by atoms with E-state index in [4.69, 9.17) is 11.6 Å². The van der Waals surface area contributed by atoms with E-state index in [1.165, 1.54) is 19.3 Å². The third-order valence-corrected chi connectivity index (χ3v) is 5.27. The summed E-state index contributed by atoms with van der Waals surface area (Å²) in [5, 5.41) is 1.45. The van der Waals surface area contributed by atoms with Crippen molar-refractivity contribution in [3.05, 3.63) is 23.7 Å². The quantitative estimate of drug-likeness (QED) is 0.707. The molecule has 0 bridgehead atoms. The Bertz CT molecular complexity index is 645. The summed E-state index contributed by atoms with van der Waals surface area (Å²) in [5.41, 5.74) is 2.11. The molecule has 3 atom stereocenters. The van der Waals surface area contributed by atoms with E-state index in [2.05, 4.69) is 26.8 Å². The smallest absolute Gasteiger partial charge is 0.224 e. The second kappa shape index (κ2) is 2.02. The van der Waals surface area contributed by atoms with Gasteiger partial charge in [0.2, 0.25) is 5.28 Å². The van der Waals surface area contributed by atoms with Crippen LogP contribution in [0.4, 0.5) is 0 Å². The van der Waals surface area contributed by atoms with Crippen molar-refractivity contribution in [3.63, 3.8) is 0 Å². The molecule has 1 spiro atoms. The number of hydrogen-bond acceptors (Lipinski definition) is 2. The standard InChI is InChI=1S/C12H10ClN3/c13-10-14-5-7-1-2-16(9(7)15-10)12-4-8-3-11(8,12)6-12/h1-2,5,8H,3-4,6H2. The van der Waals surface area contributed by atoms with Crippen LogP contribution in [0.5, 0.6) is 0 Å². The first-order valence-electron chi connectivity index (χ1n) is 5.75. The molecule has 2 aromatic rings. The minimum Gasteiger partial charge on any atom is -0.326 e. The molecule has 5 rings (SSSR count). The molecule has 80 valence electrons. The van der Waals surface area contributed by atoms with E-state index in [1.54, 1.807) is 0 Å². The fraction of sp³-hybridized carbons (Fsp3) is 0.500. The maximum atomic E-state index is 5.88. The molecular weight excluding hydrogens is 222 g/mol. The van der Waals surface area contributed by atoms with E-state index >= 15 is 0 Å². The molecule has 3 saturated carbocycles. The van der Waals surface area contributed by atoms with Gasteiger partial charge in [-0.3, -0.25) is 0 Å². The molecule has 2 heterocycles. The molecule has 3 unspecified atom stereocenters. The largest absolute Gasteiger partial charge is 0.326 e. The zero-order chi connectivity index (χ0) is 10.5. The Morgan fingerprint density at radius 2 is 2.38 bits per heavy atom. The van der Waals surface area contributed by atoms with Crippen molar-refractivity contribution in [3.8, 4) is 0 Å². The van der Waals surface area contributed by atoms with Crippen LogP contribution in [0.1, 0.15) is 19.3 Å². The summed E-state index contributed by atoms with van der Waals surface area (Å²) in [6, 6.07) is 2.10. The van der Waals surface area contributed by atoms with Crippen LogP contribution >= 0.6 is 11.6 Å². The molecule has 0 aromatic carbocycles. The Kier molecular flexibility index (Phi) is 1.02. The lowest BCUT2D eigenvalue weighted by molar-refractivity contribution is 0.287. The van der Waals surface area contributed by atoms with Crippen LogP contribution in [-0.4, -0.2) is 14.5 Å². The summed E-state index contributed by atoms with van der Waals surface area (Å²) >= 11 is 5.88. The lowest BCUT2D eigenvalue weighted by Crippen LogP contribution is -2.28. The third kappa shape index (κ3) is 0.630. The van der Waals surface area contributed by atoms with Crippen molar-refractivity contribution in [2.24, 2.45) is 11.3 Å². The highest BCUT2D eigenvalue weighted by molar-refractivity contribution is 6.28. The van der Waals surface area contributed by atoms with Crippen LogP contribution in [-0.2, 0) is 5.54 Å². The van der Waals surface area contributed by atoms with Crippen LogP contribution < -0.4 is 0 Å². The number of halogens is 1. The zero-order valence-electron chi connectivity index (χ0n) is 8.65. The molecule has 0 amide bonds. The lowest BCUT2D eigenvalue weighted by Gasteiger charge is -2.27. The summed E-state index contributed by atoms with van der Waals surface area (Å²) in [6.45, 7) is 0. The van der Waals surface area contributed by atoms with Gasteiger partial charge >= 0.3 is 0 Å². The maximum Gasteiger partial charge on any atom is 0.224 e. The Morgan fingerprint density at radius 1 is 1.44 bits per heavy atom. The minimum absolute atomic E-state index is 0.352. The molecule has 0 radical (unpaired) electrons. The van der Waals surface area contributed by atoms with E-state index in [0.717, 1.165) is 17.0 Å². The molecule has 3 aliphatic rings. The van der Waals surface area contributed by atoms with Gasteiger partial charge in [-0.15, -0.1) is 0 Å². The molecular formula is C12H10ClN3. The van der Waals surface area contributed by atoms with Crippen molar-refractivity contribution in [1.82, 2.24) is 14.5 Å². The third-order valence-electron chi connectivity index (χ3n) is 5.08. The Labute approximate surface area is 97.4 Å². The molecule has 4 heteroatoms. The van der Waals surface area contributed by atoms with Gasteiger partial charge in [0.05, 0.1) is 5.54 Å². The fourth-order valence-corrected chi connectivity index (χ4v) is 4.26. The van der Waals surface area contributed by atoms with Gasteiger partial charge in [0.1, 0.15) is 5.65 Å². The summed E-state index contributed by atoms with van der Waals surface area (Å²) in [5.74, 6) is 1.02. The summed E-state index contributed by atoms with van der Waals surface area (Å²) in [6.07, 6.45) is 8.12. The molecule has 3 fully saturated rings. The van der Waals surface area contributed by atoms with Gasteiger partial charge in [0.15, 0.2) is 0 Å². The molecule has 16 heavy (non-hydrogen) atoms. The van der Waals surface area contributed by atoms with Gasteiger partial charge in [-0.2, -0.15) is 4.98 Å². The number of hydrogen-bond donors (Lipinski definition) is 0. The highest BCUT2D eigenvalue weighted by atomic mass is 35.5. The first-order valence-corrected chi connectivity index (χ1v) is 6.13. The van der Waals surface area contributed by atoms with Gasteiger partial charge in [0, 0.05) is 17.8 Å². The topological polar surface area (TPSA) is 30.7 Å². The average molecular weight is 232 g/mol. The second-order valence-corrected chi connectivity index (χ2v) is 5.91. The first kappa shape index (κ1) is 8.07. The molecule has 2 aromatic heterocycles. The van der Waals surface area contributed by atoms with Crippen LogP contribution in [0, 0.1) is 11.3 Å². The number of rotatable bonds is 1. The van der Waals surface area contributed by atoms with Crippen LogP contribution in [0.25, 0.3) is 11.0 Å². The summed E-state index contributed by atoms with van der Waals surface area (Å²) < 4.78 is 2.36. The van der Waals surface area contributed by atoms with E-state index in [0.29, 0.717) is 16.2 Å². The van der Waals surface area contributed by atoms with Gasteiger partial charge in [-0.05, 0) is 48.3 Å². The predicted molar refractivity (Wildman–Crippen MR) is 60.3 cm³/mol. The van der Waals surface area contributed by atoms with Crippen molar-refractivity contribution < 1.29 is 0 Å². The van der Waals surface area contributed by atoms with Crippen molar-refractivity contribution >= 4 is 22.6 Å². The van der Waals surface area contributed by atoms with E-state index in [-0.39, 0.29) is 0 Å². The van der Waals surface area contributed by atoms with Crippen molar-refractivity contribution in [1.29, 1.82) is 0 Å². The average Bonchev–Trinajstić information content (AvgIpc) is 2.94. The fourth-order valence-electron chi connectivity index (χ4n) is 4.13. The monoisotopic (exact) mass is 231 g/mol. The number of aromatic nitrogens is 3. The number of nitrogens with zero attached hydrogens (tertiary/aromatic N) is 3. The summed E-state index contributed by atoms with van der Waals surface area (Å²) in [4.78, 5) is 8.41. The minimum atomic E-state index is 0.352. The predicted octanol–water partition coefficient (Wildman–Crippen LogP) is 2.59. The molecule has 0 saturated heterocycles. The molecule has 0 aliphatic heterocycles. The Balaban J connectivity index is 1.79. The second-order valence-electron chi connectivity index (χ2n) is 5.57. The van der Waals surface area contributed by atoms with E-state index < -0.39 is 0 Å².